The lowest BCUT2D eigenvalue weighted by Crippen LogP contribution is -2.28. The number of benzene rings is 2. The van der Waals surface area contributed by atoms with Crippen LogP contribution in [0.25, 0.3) is 11.3 Å². The second-order valence-electron chi connectivity index (χ2n) is 6.95. The Morgan fingerprint density at radius 3 is 2.52 bits per heavy atom. The summed E-state index contributed by atoms with van der Waals surface area (Å²) in [5.41, 5.74) is 2.22. The van der Waals surface area contributed by atoms with E-state index < -0.39 is 10.0 Å². The highest BCUT2D eigenvalue weighted by Gasteiger charge is 2.27. The van der Waals surface area contributed by atoms with E-state index in [1.807, 2.05) is 36.4 Å². The predicted octanol–water partition coefficient (Wildman–Crippen LogP) is 2.97. The lowest BCUT2D eigenvalue weighted by molar-refractivity contribution is -0.116. The van der Waals surface area contributed by atoms with E-state index in [0.717, 1.165) is 24.1 Å². The fraction of sp³-hybridized carbons (Fsp3) is 0.238. The van der Waals surface area contributed by atoms with Crippen molar-refractivity contribution < 1.29 is 13.2 Å². The predicted molar refractivity (Wildman–Crippen MR) is 111 cm³/mol. The van der Waals surface area contributed by atoms with Gasteiger partial charge in [-0.05, 0) is 37.1 Å². The Labute approximate surface area is 170 Å². The lowest BCUT2D eigenvalue weighted by atomic mass is 10.2. The Hall–Kier alpha value is -2.97. The van der Waals surface area contributed by atoms with E-state index in [-0.39, 0.29) is 17.3 Å². The van der Waals surface area contributed by atoms with Crippen molar-refractivity contribution in [2.45, 2.75) is 24.3 Å². The van der Waals surface area contributed by atoms with Crippen LogP contribution in [-0.4, -0.2) is 41.5 Å². The van der Waals surface area contributed by atoms with Crippen LogP contribution in [0.15, 0.2) is 71.8 Å². The maximum atomic E-state index is 12.7. The minimum atomic E-state index is -3.52. The van der Waals surface area contributed by atoms with Crippen LogP contribution in [0.1, 0.15) is 12.8 Å². The summed E-state index contributed by atoms with van der Waals surface area (Å²) in [7, 11) is -3.52. The van der Waals surface area contributed by atoms with Crippen molar-refractivity contribution in [3.63, 3.8) is 0 Å². The molecular weight excluding hydrogens is 388 g/mol. The summed E-state index contributed by atoms with van der Waals surface area (Å²) < 4.78 is 28.4. The van der Waals surface area contributed by atoms with Crippen molar-refractivity contribution in [1.82, 2.24) is 14.1 Å². The van der Waals surface area contributed by atoms with Gasteiger partial charge in [0.1, 0.15) is 6.54 Å². The van der Waals surface area contributed by atoms with Gasteiger partial charge in [-0.3, -0.25) is 9.48 Å². The summed E-state index contributed by atoms with van der Waals surface area (Å²) in [5.74, 6) is -0.275. The quantitative estimate of drug-likeness (QED) is 0.677. The van der Waals surface area contributed by atoms with Crippen LogP contribution in [0.5, 0.6) is 0 Å². The van der Waals surface area contributed by atoms with Crippen LogP contribution in [0.3, 0.4) is 0 Å². The van der Waals surface area contributed by atoms with E-state index in [9.17, 15) is 13.2 Å². The molecule has 0 unspecified atom stereocenters. The molecule has 0 radical (unpaired) electrons. The Kier molecular flexibility index (Phi) is 5.46. The first-order chi connectivity index (χ1) is 14.0. The van der Waals surface area contributed by atoms with Crippen molar-refractivity contribution in [3.05, 3.63) is 66.9 Å². The second kappa shape index (κ2) is 8.18. The molecule has 1 N–H and O–H groups in total. The van der Waals surface area contributed by atoms with Gasteiger partial charge in [-0.15, -0.1) is 0 Å². The molecule has 1 fully saturated rings. The SMILES string of the molecule is O=C(Cn1ccc(-c2ccccc2)n1)Nc1cccc(S(=O)(=O)N2CCCC2)c1. The number of rotatable bonds is 6. The topological polar surface area (TPSA) is 84.3 Å². The molecule has 3 aromatic rings. The number of aromatic nitrogens is 2. The van der Waals surface area contributed by atoms with Gasteiger partial charge in [0, 0.05) is 30.5 Å². The highest BCUT2D eigenvalue weighted by molar-refractivity contribution is 7.89. The van der Waals surface area contributed by atoms with E-state index in [2.05, 4.69) is 10.4 Å². The number of hydrogen-bond acceptors (Lipinski definition) is 4. The average Bonchev–Trinajstić information content (AvgIpc) is 3.41. The maximum Gasteiger partial charge on any atom is 0.246 e. The molecule has 0 saturated carbocycles. The number of anilines is 1. The number of hydrogen-bond donors (Lipinski definition) is 1. The molecule has 1 aliphatic heterocycles. The van der Waals surface area contributed by atoms with Gasteiger partial charge in [-0.2, -0.15) is 9.40 Å². The number of nitrogens with zero attached hydrogens (tertiary/aromatic N) is 3. The van der Waals surface area contributed by atoms with Gasteiger partial charge in [-0.1, -0.05) is 36.4 Å². The van der Waals surface area contributed by atoms with E-state index in [4.69, 9.17) is 0 Å². The Morgan fingerprint density at radius 1 is 1.00 bits per heavy atom. The normalized spacial score (nSPS) is 14.8. The zero-order valence-electron chi connectivity index (χ0n) is 15.9. The summed E-state index contributed by atoms with van der Waals surface area (Å²) in [5, 5.41) is 7.18. The molecule has 8 heteroatoms. The fourth-order valence-corrected chi connectivity index (χ4v) is 4.94. The molecule has 0 spiro atoms. The van der Waals surface area contributed by atoms with Crippen LogP contribution in [0.2, 0.25) is 0 Å². The fourth-order valence-electron chi connectivity index (χ4n) is 3.37. The monoisotopic (exact) mass is 410 g/mol. The first kappa shape index (κ1) is 19.4. The molecule has 7 nitrogen and oxygen atoms in total. The Bertz CT molecular complexity index is 1100. The highest BCUT2D eigenvalue weighted by atomic mass is 32.2. The number of carbonyl (C=O) groups excluding carboxylic acids is 1. The third-order valence-electron chi connectivity index (χ3n) is 4.84. The molecule has 0 aliphatic carbocycles. The van der Waals surface area contributed by atoms with Gasteiger partial charge in [0.15, 0.2) is 0 Å². The van der Waals surface area contributed by atoms with Crippen LogP contribution < -0.4 is 5.32 Å². The summed E-state index contributed by atoms with van der Waals surface area (Å²) >= 11 is 0. The molecule has 0 bridgehead atoms. The molecule has 2 aromatic carbocycles. The number of sulfonamides is 1. The van der Waals surface area contributed by atoms with E-state index in [0.29, 0.717) is 18.8 Å². The van der Waals surface area contributed by atoms with Crippen molar-refractivity contribution in [3.8, 4) is 11.3 Å². The van der Waals surface area contributed by atoms with Crippen molar-refractivity contribution in [2.75, 3.05) is 18.4 Å². The number of carbonyl (C=O) groups is 1. The maximum absolute atomic E-state index is 12.7. The van der Waals surface area contributed by atoms with Gasteiger partial charge in [0.2, 0.25) is 15.9 Å². The van der Waals surface area contributed by atoms with Crippen molar-refractivity contribution >= 4 is 21.6 Å². The molecular formula is C21H22N4O3S. The van der Waals surface area contributed by atoms with E-state index >= 15 is 0 Å². The molecule has 1 aromatic heterocycles. The van der Waals surface area contributed by atoms with Crippen LogP contribution in [-0.2, 0) is 21.4 Å². The molecule has 1 aliphatic rings. The van der Waals surface area contributed by atoms with Gasteiger partial charge >= 0.3 is 0 Å². The van der Waals surface area contributed by atoms with Crippen LogP contribution in [0.4, 0.5) is 5.69 Å². The third kappa shape index (κ3) is 4.38. The smallest absolute Gasteiger partial charge is 0.246 e. The van der Waals surface area contributed by atoms with E-state index in [1.165, 1.54) is 10.4 Å². The average molecular weight is 410 g/mol. The minimum Gasteiger partial charge on any atom is -0.324 e. The zero-order chi connectivity index (χ0) is 20.3. The highest BCUT2D eigenvalue weighted by Crippen LogP contribution is 2.23. The minimum absolute atomic E-state index is 0.0376. The second-order valence-corrected chi connectivity index (χ2v) is 8.89. The lowest BCUT2D eigenvalue weighted by Gasteiger charge is -2.16. The van der Waals surface area contributed by atoms with Crippen LogP contribution >= 0.6 is 0 Å². The summed E-state index contributed by atoms with van der Waals surface area (Å²) in [6.07, 6.45) is 3.51. The molecule has 0 atom stereocenters. The largest absolute Gasteiger partial charge is 0.324 e. The standard InChI is InChI=1S/C21H22N4O3S/c26-21(16-24-14-11-20(23-24)17-7-2-1-3-8-17)22-18-9-6-10-19(15-18)29(27,28)25-12-4-5-13-25/h1-3,6-11,14-15H,4-5,12-13,16H2,(H,22,26). The zero-order valence-corrected chi connectivity index (χ0v) is 16.7. The summed E-state index contributed by atoms with van der Waals surface area (Å²) in [6.45, 7) is 1.12. The van der Waals surface area contributed by atoms with Gasteiger partial charge in [0.25, 0.3) is 0 Å². The first-order valence-corrected chi connectivity index (χ1v) is 11.0. The van der Waals surface area contributed by atoms with Gasteiger partial charge in [0.05, 0.1) is 10.6 Å². The van der Waals surface area contributed by atoms with Crippen molar-refractivity contribution in [1.29, 1.82) is 0 Å². The third-order valence-corrected chi connectivity index (χ3v) is 6.73. The Balaban J connectivity index is 1.43. The van der Waals surface area contributed by atoms with Gasteiger partial charge in [-0.25, -0.2) is 8.42 Å². The molecule has 1 saturated heterocycles. The molecule has 4 rings (SSSR count). The number of nitrogens with one attached hydrogen (secondary N) is 1. The summed E-state index contributed by atoms with van der Waals surface area (Å²) in [4.78, 5) is 12.6. The molecule has 150 valence electrons. The Morgan fingerprint density at radius 2 is 1.76 bits per heavy atom. The summed E-state index contributed by atoms with van der Waals surface area (Å²) in [6, 6.07) is 18.0. The molecule has 2 heterocycles. The van der Waals surface area contributed by atoms with Gasteiger partial charge < -0.3 is 5.32 Å². The number of amides is 1. The van der Waals surface area contributed by atoms with Crippen molar-refractivity contribution in [2.24, 2.45) is 0 Å². The van der Waals surface area contributed by atoms with E-state index in [1.54, 1.807) is 29.1 Å². The van der Waals surface area contributed by atoms with Crippen LogP contribution in [0, 0.1) is 0 Å². The molecule has 29 heavy (non-hydrogen) atoms. The first-order valence-electron chi connectivity index (χ1n) is 9.51. The molecule has 1 amide bonds.